The van der Waals surface area contributed by atoms with E-state index in [9.17, 15) is 0 Å². The standard InChI is InChI=1S/C15H24N2O3/c1-10(11-4-6-20-7-5-11)17-13-9-15(19-3)14(18-2)8-12(13)16/h8-11,17H,4-7,16H2,1-3H3. The lowest BCUT2D eigenvalue weighted by atomic mass is 9.92. The molecule has 0 amide bonds. The number of benzene rings is 1. The predicted molar refractivity (Wildman–Crippen MR) is 80.6 cm³/mol. The quantitative estimate of drug-likeness (QED) is 0.811. The summed E-state index contributed by atoms with van der Waals surface area (Å²) in [5.41, 5.74) is 7.63. The summed E-state index contributed by atoms with van der Waals surface area (Å²) in [4.78, 5) is 0. The molecule has 20 heavy (non-hydrogen) atoms. The van der Waals surface area contributed by atoms with Gasteiger partial charge < -0.3 is 25.3 Å². The van der Waals surface area contributed by atoms with Crippen LogP contribution in [0, 0.1) is 5.92 Å². The lowest BCUT2D eigenvalue weighted by molar-refractivity contribution is 0.0622. The molecule has 3 N–H and O–H groups in total. The molecule has 1 saturated heterocycles. The van der Waals surface area contributed by atoms with Crippen molar-refractivity contribution in [1.82, 2.24) is 0 Å². The van der Waals surface area contributed by atoms with Gasteiger partial charge in [0.2, 0.25) is 0 Å². The van der Waals surface area contributed by atoms with Crippen LogP contribution >= 0.6 is 0 Å². The molecule has 5 heteroatoms. The van der Waals surface area contributed by atoms with Gasteiger partial charge in [-0.1, -0.05) is 0 Å². The number of hydrogen-bond donors (Lipinski definition) is 2. The van der Waals surface area contributed by atoms with Crippen LogP contribution in [-0.4, -0.2) is 33.5 Å². The van der Waals surface area contributed by atoms with E-state index in [1.165, 1.54) is 0 Å². The third-order valence-corrected chi connectivity index (χ3v) is 3.91. The highest BCUT2D eigenvalue weighted by molar-refractivity contribution is 5.72. The van der Waals surface area contributed by atoms with Crippen molar-refractivity contribution in [3.8, 4) is 11.5 Å². The highest BCUT2D eigenvalue weighted by Crippen LogP contribution is 2.35. The van der Waals surface area contributed by atoms with Crippen LogP contribution in [0.1, 0.15) is 19.8 Å². The van der Waals surface area contributed by atoms with Gasteiger partial charge in [0.05, 0.1) is 25.6 Å². The van der Waals surface area contributed by atoms with Crippen LogP contribution in [0.4, 0.5) is 11.4 Å². The number of anilines is 2. The summed E-state index contributed by atoms with van der Waals surface area (Å²) in [7, 11) is 3.23. The Morgan fingerprint density at radius 2 is 1.80 bits per heavy atom. The van der Waals surface area contributed by atoms with Crippen molar-refractivity contribution in [1.29, 1.82) is 0 Å². The van der Waals surface area contributed by atoms with Crippen LogP contribution in [-0.2, 0) is 4.74 Å². The molecule has 1 aliphatic rings. The largest absolute Gasteiger partial charge is 0.493 e. The molecule has 1 unspecified atom stereocenters. The van der Waals surface area contributed by atoms with Gasteiger partial charge in [-0.2, -0.15) is 0 Å². The molecule has 0 aliphatic carbocycles. The van der Waals surface area contributed by atoms with Crippen molar-refractivity contribution >= 4 is 11.4 Å². The first-order valence-corrected chi connectivity index (χ1v) is 7.01. The zero-order chi connectivity index (χ0) is 14.5. The zero-order valence-electron chi connectivity index (χ0n) is 12.4. The number of ether oxygens (including phenoxy) is 3. The predicted octanol–water partition coefficient (Wildman–Crippen LogP) is 2.51. The van der Waals surface area contributed by atoms with Gasteiger partial charge in [-0.05, 0) is 25.7 Å². The van der Waals surface area contributed by atoms with Crippen LogP contribution in [0.2, 0.25) is 0 Å². The van der Waals surface area contributed by atoms with Crippen LogP contribution in [0.5, 0.6) is 11.5 Å². The molecule has 0 aromatic heterocycles. The van der Waals surface area contributed by atoms with Crippen molar-refractivity contribution in [2.24, 2.45) is 5.92 Å². The molecule has 1 atom stereocenters. The summed E-state index contributed by atoms with van der Waals surface area (Å²) in [5.74, 6) is 1.94. The molecule has 1 aromatic rings. The van der Waals surface area contributed by atoms with Gasteiger partial charge in [-0.25, -0.2) is 0 Å². The van der Waals surface area contributed by atoms with Gasteiger partial charge in [0.1, 0.15) is 0 Å². The van der Waals surface area contributed by atoms with E-state index >= 15 is 0 Å². The molecule has 2 rings (SSSR count). The van der Waals surface area contributed by atoms with E-state index in [0.29, 0.717) is 29.1 Å². The van der Waals surface area contributed by atoms with Crippen LogP contribution < -0.4 is 20.5 Å². The van der Waals surface area contributed by atoms with Crippen LogP contribution in [0.3, 0.4) is 0 Å². The van der Waals surface area contributed by atoms with Crippen molar-refractivity contribution in [3.05, 3.63) is 12.1 Å². The van der Waals surface area contributed by atoms with Crippen LogP contribution in [0.25, 0.3) is 0 Å². The minimum absolute atomic E-state index is 0.347. The monoisotopic (exact) mass is 280 g/mol. The van der Waals surface area contributed by atoms with Gasteiger partial charge in [0.25, 0.3) is 0 Å². The van der Waals surface area contributed by atoms with Gasteiger partial charge >= 0.3 is 0 Å². The summed E-state index contributed by atoms with van der Waals surface area (Å²) >= 11 is 0. The lowest BCUT2D eigenvalue weighted by Gasteiger charge is -2.29. The Labute approximate surface area is 120 Å². The SMILES string of the molecule is COc1cc(N)c(NC(C)C2CCOCC2)cc1OC. The maximum atomic E-state index is 6.08. The fourth-order valence-electron chi connectivity index (χ4n) is 2.60. The third kappa shape index (κ3) is 3.28. The first-order valence-electron chi connectivity index (χ1n) is 7.01. The average Bonchev–Trinajstić information content (AvgIpc) is 2.49. The van der Waals surface area contributed by atoms with E-state index in [-0.39, 0.29) is 0 Å². The van der Waals surface area contributed by atoms with E-state index in [0.717, 1.165) is 31.7 Å². The second-order valence-electron chi connectivity index (χ2n) is 5.18. The molecule has 1 aromatic carbocycles. The van der Waals surface area contributed by atoms with Crippen molar-refractivity contribution in [2.45, 2.75) is 25.8 Å². The number of methoxy groups -OCH3 is 2. The minimum atomic E-state index is 0.347. The van der Waals surface area contributed by atoms with Gasteiger partial charge in [-0.3, -0.25) is 0 Å². The van der Waals surface area contributed by atoms with Crippen molar-refractivity contribution in [2.75, 3.05) is 38.5 Å². The first kappa shape index (κ1) is 14.8. The fraction of sp³-hybridized carbons (Fsp3) is 0.600. The molecule has 0 radical (unpaired) electrons. The summed E-state index contributed by atoms with van der Waals surface area (Å²) < 4.78 is 16.0. The second kappa shape index (κ2) is 6.70. The molecule has 1 aliphatic heterocycles. The zero-order valence-corrected chi connectivity index (χ0v) is 12.4. The normalized spacial score (nSPS) is 17.6. The smallest absolute Gasteiger partial charge is 0.162 e. The topological polar surface area (TPSA) is 65.7 Å². The maximum absolute atomic E-state index is 6.08. The molecule has 1 heterocycles. The summed E-state index contributed by atoms with van der Waals surface area (Å²) in [6, 6.07) is 4.03. The van der Waals surface area contributed by atoms with E-state index in [4.69, 9.17) is 19.9 Å². The minimum Gasteiger partial charge on any atom is -0.493 e. The maximum Gasteiger partial charge on any atom is 0.162 e. The van der Waals surface area contributed by atoms with E-state index < -0.39 is 0 Å². The summed E-state index contributed by atoms with van der Waals surface area (Å²) in [5, 5.41) is 3.49. The second-order valence-corrected chi connectivity index (χ2v) is 5.18. The molecular weight excluding hydrogens is 256 g/mol. The number of hydrogen-bond acceptors (Lipinski definition) is 5. The third-order valence-electron chi connectivity index (χ3n) is 3.91. The lowest BCUT2D eigenvalue weighted by Crippen LogP contribution is -2.31. The fourth-order valence-corrected chi connectivity index (χ4v) is 2.60. The van der Waals surface area contributed by atoms with E-state index in [2.05, 4.69) is 12.2 Å². The Hall–Kier alpha value is -1.62. The number of nitrogens with two attached hydrogens (primary N) is 1. The summed E-state index contributed by atoms with van der Waals surface area (Å²) in [6.45, 7) is 3.88. The van der Waals surface area contributed by atoms with Crippen molar-refractivity contribution in [3.63, 3.8) is 0 Å². The Morgan fingerprint density at radius 1 is 1.20 bits per heavy atom. The molecule has 0 spiro atoms. The van der Waals surface area contributed by atoms with Gasteiger partial charge in [0, 0.05) is 31.4 Å². The molecule has 0 saturated carbocycles. The first-order chi connectivity index (χ1) is 9.65. The van der Waals surface area contributed by atoms with Crippen LogP contribution in [0.15, 0.2) is 12.1 Å². The average molecular weight is 280 g/mol. The van der Waals surface area contributed by atoms with E-state index in [1.54, 1.807) is 20.3 Å². The highest BCUT2D eigenvalue weighted by atomic mass is 16.5. The Bertz CT molecular complexity index is 445. The summed E-state index contributed by atoms with van der Waals surface area (Å²) in [6.07, 6.45) is 2.17. The molecule has 1 fully saturated rings. The van der Waals surface area contributed by atoms with Gasteiger partial charge in [0.15, 0.2) is 11.5 Å². The van der Waals surface area contributed by atoms with E-state index in [1.807, 2.05) is 6.07 Å². The Kier molecular flexibility index (Phi) is 4.95. The number of rotatable bonds is 5. The molecule has 5 nitrogen and oxygen atoms in total. The van der Waals surface area contributed by atoms with Crippen molar-refractivity contribution < 1.29 is 14.2 Å². The number of nitrogen functional groups attached to an aromatic ring is 1. The van der Waals surface area contributed by atoms with Gasteiger partial charge in [-0.15, -0.1) is 0 Å². The Balaban J connectivity index is 2.11. The number of nitrogens with one attached hydrogen (secondary N) is 1. The molecule has 0 bridgehead atoms. The highest BCUT2D eigenvalue weighted by Gasteiger charge is 2.21. The molecular formula is C15H24N2O3. The molecule has 112 valence electrons. The Morgan fingerprint density at radius 3 is 2.40 bits per heavy atom.